The van der Waals surface area contributed by atoms with Gasteiger partial charge in [0, 0.05) is 22.0 Å². The van der Waals surface area contributed by atoms with Crippen LogP contribution in [0.5, 0.6) is 5.75 Å². The van der Waals surface area contributed by atoms with Gasteiger partial charge in [-0.15, -0.1) is 0 Å². The van der Waals surface area contributed by atoms with Crippen LogP contribution in [0.15, 0.2) is 45.3 Å². The number of aryl methyl sites for hydroxylation is 2. The number of hydrogen-bond acceptors (Lipinski definition) is 3. The van der Waals surface area contributed by atoms with Gasteiger partial charge in [0.15, 0.2) is 6.61 Å². The second-order valence-corrected chi connectivity index (χ2v) is 8.59. The van der Waals surface area contributed by atoms with Crippen molar-refractivity contribution in [1.29, 1.82) is 0 Å². The van der Waals surface area contributed by atoms with Crippen LogP contribution in [0, 0.1) is 13.8 Å². The number of carbonyl (C=O) groups is 2. The molecular formula is C22H26Br2N2O3. The van der Waals surface area contributed by atoms with E-state index in [0.717, 1.165) is 25.6 Å². The Morgan fingerprint density at radius 2 is 1.69 bits per heavy atom. The van der Waals surface area contributed by atoms with Crippen LogP contribution in [0.1, 0.15) is 30.5 Å². The van der Waals surface area contributed by atoms with Gasteiger partial charge in [0.05, 0.1) is 0 Å². The third kappa shape index (κ3) is 6.57. The van der Waals surface area contributed by atoms with Crippen molar-refractivity contribution in [1.82, 2.24) is 10.2 Å². The molecule has 0 radical (unpaired) electrons. The highest BCUT2D eigenvalue weighted by molar-refractivity contribution is 9.10. The SMILES string of the molecule is CCNC(=O)[C@H](C)N(Cc1ccc(Br)cc1)C(=O)COc1cc(C)c(Br)c(C)c1. The fourth-order valence-electron chi connectivity index (χ4n) is 2.91. The Morgan fingerprint density at radius 3 is 2.24 bits per heavy atom. The number of nitrogens with zero attached hydrogens (tertiary/aromatic N) is 1. The summed E-state index contributed by atoms with van der Waals surface area (Å²) in [7, 11) is 0. The normalized spacial score (nSPS) is 11.7. The molecule has 0 heterocycles. The van der Waals surface area contributed by atoms with E-state index in [4.69, 9.17) is 4.74 Å². The van der Waals surface area contributed by atoms with Crippen LogP contribution in [0.3, 0.4) is 0 Å². The van der Waals surface area contributed by atoms with E-state index >= 15 is 0 Å². The second kappa shape index (κ2) is 10.8. The van der Waals surface area contributed by atoms with Crippen LogP contribution in [0.2, 0.25) is 0 Å². The van der Waals surface area contributed by atoms with Crippen molar-refractivity contribution in [2.45, 2.75) is 40.3 Å². The van der Waals surface area contributed by atoms with Crippen molar-refractivity contribution in [2.75, 3.05) is 13.2 Å². The zero-order valence-corrected chi connectivity index (χ0v) is 20.3. The van der Waals surface area contributed by atoms with Gasteiger partial charge in [-0.2, -0.15) is 0 Å². The molecule has 1 atom stereocenters. The van der Waals surface area contributed by atoms with Gasteiger partial charge in [-0.25, -0.2) is 0 Å². The Hall–Kier alpha value is -1.86. The molecule has 0 aliphatic carbocycles. The van der Waals surface area contributed by atoms with Crippen LogP contribution in [0.4, 0.5) is 0 Å². The summed E-state index contributed by atoms with van der Waals surface area (Å²) >= 11 is 6.94. The summed E-state index contributed by atoms with van der Waals surface area (Å²) in [5.74, 6) is 0.198. The van der Waals surface area contributed by atoms with Crippen molar-refractivity contribution in [2.24, 2.45) is 0 Å². The number of likely N-dealkylation sites (N-methyl/N-ethyl adjacent to an activating group) is 1. The maximum atomic E-state index is 13.0. The zero-order valence-electron chi connectivity index (χ0n) is 17.1. The van der Waals surface area contributed by atoms with Gasteiger partial charge in [0.25, 0.3) is 5.91 Å². The van der Waals surface area contributed by atoms with E-state index < -0.39 is 6.04 Å². The summed E-state index contributed by atoms with van der Waals surface area (Å²) in [6.45, 7) is 8.23. The lowest BCUT2D eigenvalue weighted by Crippen LogP contribution is -2.49. The predicted molar refractivity (Wildman–Crippen MR) is 122 cm³/mol. The minimum atomic E-state index is -0.608. The Balaban J connectivity index is 2.16. The standard InChI is InChI=1S/C22H26Br2N2O3/c1-5-25-22(28)16(4)26(12-17-6-8-18(23)9-7-17)20(27)13-29-19-10-14(2)21(24)15(3)11-19/h6-11,16H,5,12-13H2,1-4H3,(H,25,28)/t16-/m0/s1. The Labute approximate surface area is 189 Å². The molecule has 2 aromatic carbocycles. The van der Waals surface area contributed by atoms with Gasteiger partial charge in [-0.3, -0.25) is 9.59 Å². The summed E-state index contributed by atoms with van der Waals surface area (Å²) in [6.07, 6.45) is 0. The lowest BCUT2D eigenvalue weighted by molar-refractivity contribution is -0.142. The highest BCUT2D eigenvalue weighted by Crippen LogP contribution is 2.26. The molecule has 29 heavy (non-hydrogen) atoms. The minimum absolute atomic E-state index is 0.138. The number of halogens is 2. The molecule has 2 amide bonds. The fourth-order valence-corrected chi connectivity index (χ4v) is 3.40. The van der Waals surface area contributed by atoms with Crippen molar-refractivity contribution < 1.29 is 14.3 Å². The third-order valence-corrected chi connectivity index (χ3v) is 6.34. The molecule has 2 aromatic rings. The van der Waals surface area contributed by atoms with Crippen molar-refractivity contribution in [3.05, 3.63) is 62.0 Å². The first-order valence-electron chi connectivity index (χ1n) is 9.44. The van der Waals surface area contributed by atoms with E-state index in [1.54, 1.807) is 11.8 Å². The molecular weight excluding hydrogens is 500 g/mol. The lowest BCUT2D eigenvalue weighted by Gasteiger charge is -2.28. The van der Waals surface area contributed by atoms with Crippen LogP contribution in [-0.2, 0) is 16.1 Å². The average Bonchev–Trinajstić information content (AvgIpc) is 2.69. The van der Waals surface area contributed by atoms with E-state index in [2.05, 4.69) is 37.2 Å². The Morgan fingerprint density at radius 1 is 1.10 bits per heavy atom. The van der Waals surface area contributed by atoms with Gasteiger partial charge in [0.1, 0.15) is 11.8 Å². The van der Waals surface area contributed by atoms with Gasteiger partial charge in [-0.05, 0) is 68.7 Å². The molecule has 1 N–H and O–H groups in total. The second-order valence-electron chi connectivity index (χ2n) is 6.88. The summed E-state index contributed by atoms with van der Waals surface area (Å²) in [4.78, 5) is 26.9. The topological polar surface area (TPSA) is 58.6 Å². The summed E-state index contributed by atoms with van der Waals surface area (Å²) < 4.78 is 7.75. The first-order valence-corrected chi connectivity index (χ1v) is 11.0. The molecule has 0 spiro atoms. The van der Waals surface area contributed by atoms with Crippen LogP contribution in [-0.4, -0.2) is 35.9 Å². The molecule has 2 rings (SSSR count). The van der Waals surface area contributed by atoms with E-state index in [-0.39, 0.29) is 18.4 Å². The monoisotopic (exact) mass is 524 g/mol. The first kappa shape index (κ1) is 23.4. The molecule has 5 nitrogen and oxygen atoms in total. The number of benzene rings is 2. The first-order chi connectivity index (χ1) is 13.7. The molecule has 0 fully saturated rings. The van der Waals surface area contributed by atoms with Crippen molar-refractivity contribution in [3.63, 3.8) is 0 Å². The maximum Gasteiger partial charge on any atom is 0.261 e. The maximum absolute atomic E-state index is 13.0. The summed E-state index contributed by atoms with van der Waals surface area (Å²) in [5.41, 5.74) is 3.01. The number of nitrogens with one attached hydrogen (secondary N) is 1. The van der Waals surface area contributed by atoms with Crippen LogP contribution in [0.25, 0.3) is 0 Å². The molecule has 0 bridgehead atoms. The number of hydrogen-bond donors (Lipinski definition) is 1. The largest absolute Gasteiger partial charge is 0.484 e. The molecule has 0 aliphatic rings. The molecule has 7 heteroatoms. The lowest BCUT2D eigenvalue weighted by atomic mass is 10.1. The molecule has 156 valence electrons. The number of rotatable bonds is 8. The molecule has 0 aliphatic heterocycles. The van der Waals surface area contributed by atoms with E-state index in [9.17, 15) is 9.59 Å². The zero-order chi connectivity index (χ0) is 21.6. The molecule has 0 saturated heterocycles. The Bertz CT molecular complexity index is 846. The predicted octanol–water partition coefficient (Wildman–Crippen LogP) is 4.76. The highest BCUT2D eigenvalue weighted by atomic mass is 79.9. The van der Waals surface area contributed by atoms with Crippen molar-refractivity contribution in [3.8, 4) is 5.75 Å². The van der Waals surface area contributed by atoms with Gasteiger partial charge < -0.3 is 15.0 Å². The van der Waals surface area contributed by atoms with Crippen LogP contribution < -0.4 is 10.1 Å². The smallest absolute Gasteiger partial charge is 0.261 e. The highest BCUT2D eigenvalue weighted by Gasteiger charge is 2.26. The number of ether oxygens (including phenoxy) is 1. The number of amides is 2. The third-order valence-electron chi connectivity index (χ3n) is 4.56. The molecule has 0 aromatic heterocycles. The molecule has 0 unspecified atom stereocenters. The van der Waals surface area contributed by atoms with Crippen LogP contribution >= 0.6 is 31.9 Å². The van der Waals surface area contributed by atoms with E-state index in [1.807, 2.05) is 57.2 Å². The molecule has 0 saturated carbocycles. The van der Waals surface area contributed by atoms with Gasteiger partial charge >= 0.3 is 0 Å². The van der Waals surface area contributed by atoms with E-state index in [1.165, 1.54) is 0 Å². The Kier molecular flexibility index (Phi) is 8.71. The summed E-state index contributed by atoms with van der Waals surface area (Å²) in [6, 6.07) is 10.8. The van der Waals surface area contributed by atoms with E-state index in [0.29, 0.717) is 18.8 Å². The van der Waals surface area contributed by atoms with Gasteiger partial charge in [-0.1, -0.05) is 44.0 Å². The average molecular weight is 526 g/mol. The minimum Gasteiger partial charge on any atom is -0.484 e. The summed E-state index contributed by atoms with van der Waals surface area (Å²) in [5, 5.41) is 2.78. The van der Waals surface area contributed by atoms with Gasteiger partial charge in [0.2, 0.25) is 5.91 Å². The number of carbonyl (C=O) groups excluding carboxylic acids is 2. The quantitative estimate of drug-likeness (QED) is 0.540. The van der Waals surface area contributed by atoms with Crippen molar-refractivity contribution >= 4 is 43.7 Å². The fraction of sp³-hybridized carbons (Fsp3) is 0.364.